The summed E-state index contributed by atoms with van der Waals surface area (Å²) in [5.41, 5.74) is 1.82. The maximum Gasteiger partial charge on any atom is 0.271 e. The number of nitrogens with one attached hydrogen (secondary N) is 1. The number of aromatic nitrogens is 5. The van der Waals surface area contributed by atoms with Crippen molar-refractivity contribution >= 4 is 17.7 Å². The van der Waals surface area contributed by atoms with Gasteiger partial charge in [0.1, 0.15) is 0 Å². The van der Waals surface area contributed by atoms with Crippen molar-refractivity contribution in [2.45, 2.75) is 57.7 Å². The van der Waals surface area contributed by atoms with E-state index >= 15 is 0 Å². The van der Waals surface area contributed by atoms with Gasteiger partial charge in [0, 0.05) is 11.7 Å². The summed E-state index contributed by atoms with van der Waals surface area (Å²) in [4.78, 5) is 12.4. The molecule has 0 aliphatic heterocycles. The van der Waals surface area contributed by atoms with Gasteiger partial charge >= 0.3 is 0 Å². The van der Waals surface area contributed by atoms with Crippen LogP contribution in [0.15, 0.2) is 11.2 Å². The molecule has 2 aliphatic carbocycles. The Labute approximate surface area is 163 Å². The van der Waals surface area contributed by atoms with Crippen molar-refractivity contribution in [3.8, 4) is 5.95 Å². The van der Waals surface area contributed by atoms with Gasteiger partial charge in [-0.1, -0.05) is 18.2 Å². The predicted molar refractivity (Wildman–Crippen MR) is 104 cm³/mol. The number of carbonyl (C=O) groups is 1. The zero-order chi connectivity index (χ0) is 19.1. The Balaban J connectivity index is 1.33. The number of fused-ring (bicyclic) bond motifs is 2. The van der Waals surface area contributed by atoms with Crippen molar-refractivity contribution in [2.75, 3.05) is 11.6 Å². The molecule has 8 nitrogen and oxygen atoms in total. The molecule has 0 spiro atoms. The summed E-state index contributed by atoms with van der Waals surface area (Å²) in [5.74, 6) is 9.18. The first kappa shape index (κ1) is 18.3. The van der Waals surface area contributed by atoms with Crippen molar-refractivity contribution in [3.63, 3.8) is 0 Å². The molecule has 4 rings (SSSR count). The molecule has 3 N–H and O–H groups in total. The lowest BCUT2D eigenvalue weighted by molar-refractivity contribution is -0.119. The molecule has 2 aromatic rings. The van der Waals surface area contributed by atoms with Crippen LogP contribution in [0.25, 0.3) is 5.95 Å². The van der Waals surface area contributed by atoms with Crippen LogP contribution in [0.5, 0.6) is 0 Å². The quantitative estimate of drug-likeness (QED) is 0.577. The Morgan fingerprint density at radius 3 is 2.81 bits per heavy atom. The molecule has 2 saturated carbocycles. The number of hydrogen-bond acceptors (Lipinski definition) is 6. The molecule has 0 aromatic carbocycles. The van der Waals surface area contributed by atoms with Crippen LogP contribution in [-0.2, 0) is 4.79 Å². The normalized spacial score (nSPS) is 25.1. The van der Waals surface area contributed by atoms with Crippen molar-refractivity contribution in [3.05, 3.63) is 17.5 Å². The lowest BCUT2D eigenvalue weighted by atomic mass is 9.84. The van der Waals surface area contributed by atoms with Gasteiger partial charge in [-0.15, -0.1) is 10.2 Å². The third-order valence-corrected chi connectivity index (χ3v) is 6.94. The Morgan fingerprint density at radius 1 is 1.37 bits per heavy atom. The van der Waals surface area contributed by atoms with Crippen LogP contribution in [0.1, 0.15) is 44.0 Å². The van der Waals surface area contributed by atoms with Gasteiger partial charge in [0.25, 0.3) is 5.95 Å². The van der Waals surface area contributed by atoms with E-state index in [4.69, 9.17) is 5.84 Å². The van der Waals surface area contributed by atoms with Gasteiger partial charge < -0.3 is 11.2 Å². The van der Waals surface area contributed by atoms with E-state index in [0.29, 0.717) is 17.0 Å². The molecule has 2 aliphatic rings. The van der Waals surface area contributed by atoms with Crippen LogP contribution < -0.4 is 11.2 Å². The molecule has 0 saturated heterocycles. The third kappa shape index (κ3) is 3.56. The number of nitrogens with zero attached hydrogens (tertiary/aromatic N) is 5. The maximum atomic E-state index is 12.4. The van der Waals surface area contributed by atoms with Gasteiger partial charge in [0.15, 0.2) is 0 Å². The number of hydrogen-bond donors (Lipinski definition) is 2. The van der Waals surface area contributed by atoms with Crippen LogP contribution in [0.4, 0.5) is 0 Å². The van der Waals surface area contributed by atoms with E-state index in [-0.39, 0.29) is 17.7 Å². The molecule has 9 heteroatoms. The monoisotopic (exact) mass is 389 g/mol. The third-order valence-electron chi connectivity index (χ3n) is 6.00. The fraction of sp³-hybridized carbons (Fsp3) is 0.667. The molecule has 2 bridgehead atoms. The second-order valence-electron chi connectivity index (χ2n) is 7.98. The first-order chi connectivity index (χ1) is 12.9. The second kappa shape index (κ2) is 7.18. The SMILES string of the molecule is Cc1cc(C)n(-c2nnc(SCC(=O)N[C@H](C)[C@H]3C[C@H]4CC[C@H]3C4)n2N)n1. The second-order valence-corrected chi connectivity index (χ2v) is 8.92. The van der Waals surface area contributed by atoms with Gasteiger partial charge in [0.2, 0.25) is 11.1 Å². The molecule has 0 radical (unpaired) electrons. The molecule has 1 amide bonds. The Bertz CT molecular complexity index is 845. The van der Waals surface area contributed by atoms with Gasteiger partial charge in [-0.2, -0.15) is 5.10 Å². The molecule has 146 valence electrons. The first-order valence-corrected chi connectivity index (χ1v) is 10.6. The van der Waals surface area contributed by atoms with E-state index in [0.717, 1.165) is 23.2 Å². The molecule has 2 fully saturated rings. The molecule has 0 unspecified atom stereocenters. The van der Waals surface area contributed by atoms with Crippen molar-refractivity contribution in [2.24, 2.45) is 17.8 Å². The minimum atomic E-state index is 0.0194. The highest BCUT2D eigenvalue weighted by atomic mass is 32.2. The minimum absolute atomic E-state index is 0.0194. The predicted octanol–water partition coefficient (Wildman–Crippen LogP) is 1.83. The number of amides is 1. The van der Waals surface area contributed by atoms with E-state index in [2.05, 4.69) is 27.5 Å². The molecule has 4 atom stereocenters. The highest BCUT2D eigenvalue weighted by Gasteiger charge is 2.42. The van der Waals surface area contributed by atoms with Crippen molar-refractivity contribution in [1.29, 1.82) is 0 Å². The standard InChI is InChI=1S/C18H27N7OS/c1-10-6-11(2)25(23-10)17-21-22-18(24(17)19)27-9-16(26)20-12(3)15-8-13-4-5-14(15)7-13/h6,12-15H,4-5,7-9,19H2,1-3H3,(H,20,26)/t12-,13+,14+,15-/m1/s1. The van der Waals surface area contributed by atoms with Crippen LogP contribution in [-0.4, -0.2) is 42.4 Å². The van der Waals surface area contributed by atoms with E-state index in [9.17, 15) is 4.79 Å². The summed E-state index contributed by atoms with van der Waals surface area (Å²) in [6.07, 6.45) is 5.32. The molecule has 2 aromatic heterocycles. The Morgan fingerprint density at radius 2 is 2.19 bits per heavy atom. The van der Waals surface area contributed by atoms with Crippen LogP contribution >= 0.6 is 11.8 Å². The molecular formula is C18H27N7OS. The van der Waals surface area contributed by atoms with Gasteiger partial charge in [-0.25, -0.2) is 9.36 Å². The Hall–Kier alpha value is -2.03. The largest absolute Gasteiger partial charge is 0.353 e. The fourth-order valence-electron chi connectivity index (χ4n) is 4.78. The zero-order valence-corrected chi connectivity index (χ0v) is 16.9. The number of aryl methyl sites for hydroxylation is 2. The first-order valence-electron chi connectivity index (χ1n) is 9.58. The summed E-state index contributed by atoms with van der Waals surface area (Å²) in [5, 5.41) is 16.3. The van der Waals surface area contributed by atoms with Gasteiger partial charge in [-0.05, 0) is 63.9 Å². The number of rotatable bonds is 6. The maximum absolute atomic E-state index is 12.4. The van der Waals surface area contributed by atoms with E-state index < -0.39 is 0 Å². The van der Waals surface area contributed by atoms with Crippen LogP contribution in [0, 0.1) is 31.6 Å². The summed E-state index contributed by atoms with van der Waals surface area (Å²) in [6.45, 7) is 5.99. The van der Waals surface area contributed by atoms with Crippen molar-refractivity contribution in [1.82, 2.24) is 30.0 Å². The molecule has 27 heavy (non-hydrogen) atoms. The molecule has 2 heterocycles. The lowest BCUT2D eigenvalue weighted by Gasteiger charge is -2.28. The number of carbonyl (C=O) groups excluding carboxylic acids is 1. The number of thioether (sulfide) groups is 1. The summed E-state index contributed by atoms with van der Waals surface area (Å²) in [7, 11) is 0. The fourth-order valence-corrected chi connectivity index (χ4v) is 5.45. The number of nitrogens with two attached hydrogens (primary N) is 1. The van der Waals surface area contributed by atoms with Gasteiger partial charge in [-0.3, -0.25) is 4.79 Å². The average Bonchev–Trinajstić information content (AvgIpc) is 3.38. The van der Waals surface area contributed by atoms with Crippen LogP contribution in [0.2, 0.25) is 0 Å². The van der Waals surface area contributed by atoms with Crippen molar-refractivity contribution < 1.29 is 4.79 Å². The highest BCUT2D eigenvalue weighted by molar-refractivity contribution is 7.99. The number of nitrogen functional groups attached to an aromatic ring is 1. The Kier molecular flexibility index (Phi) is 4.88. The summed E-state index contributed by atoms with van der Waals surface area (Å²) in [6, 6.07) is 2.18. The van der Waals surface area contributed by atoms with Crippen LogP contribution in [0.3, 0.4) is 0 Å². The minimum Gasteiger partial charge on any atom is -0.353 e. The van der Waals surface area contributed by atoms with E-state index in [1.165, 1.54) is 42.1 Å². The summed E-state index contributed by atoms with van der Waals surface area (Å²) >= 11 is 1.29. The average molecular weight is 390 g/mol. The smallest absolute Gasteiger partial charge is 0.271 e. The lowest BCUT2D eigenvalue weighted by Crippen LogP contribution is -2.41. The zero-order valence-electron chi connectivity index (χ0n) is 16.1. The molecular weight excluding hydrogens is 362 g/mol. The van der Waals surface area contributed by atoms with E-state index in [1.54, 1.807) is 4.68 Å². The van der Waals surface area contributed by atoms with E-state index in [1.807, 2.05) is 19.9 Å². The highest BCUT2D eigenvalue weighted by Crippen LogP contribution is 2.49. The summed E-state index contributed by atoms with van der Waals surface area (Å²) < 4.78 is 3.04. The van der Waals surface area contributed by atoms with Gasteiger partial charge in [0.05, 0.1) is 11.4 Å². The topological polar surface area (TPSA) is 104 Å².